The van der Waals surface area contributed by atoms with Crippen LogP contribution in [0.25, 0.3) is 0 Å². The van der Waals surface area contributed by atoms with Gasteiger partial charge in [-0.05, 0) is 43.4 Å². The van der Waals surface area contributed by atoms with E-state index in [1.165, 1.54) is 11.1 Å². The van der Waals surface area contributed by atoms with Crippen LogP contribution in [-0.2, 0) is 11.2 Å². The topological polar surface area (TPSA) is 71.3 Å². The average molecular weight is 431 g/mol. The number of amides is 1. The molecular weight excluding hydrogens is 400 g/mol. The molecule has 0 spiro atoms. The lowest BCUT2D eigenvalue weighted by atomic mass is 9.85. The second-order valence-corrected chi connectivity index (χ2v) is 8.90. The summed E-state index contributed by atoms with van der Waals surface area (Å²) in [6.45, 7) is 2.30. The summed E-state index contributed by atoms with van der Waals surface area (Å²) in [7, 11) is 0. The lowest BCUT2D eigenvalue weighted by Crippen LogP contribution is -2.48. The van der Waals surface area contributed by atoms with Crippen molar-refractivity contribution in [1.29, 1.82) is 0 Å². The minimum absolute atomic E-state index is 0.0446. The molecule has 0 aliphatic carbocycles. The summed E-state index contributed by atoms with van der Waals surface area (Å²) in [4.78, 5) is 14.4. The molecule has 0 radical (unpaired) electrons. The van der Waals surface area contributed by atoms with Crippen LogP contribution in [0.4, 0.5) is 0 Å². The smallest absolute Gasteiger partial charge is 0.234 e. The summed E-state index contributed by atoms with van der Waals surface area (Å²) in [6.07, 6.45) is 4.65. The maximum atomic E-state index is 12.5. The number of aromatic nitrogens is 2. The minimum atomic E-state index is 0.0446. The van der Waals surface area contributed by atoms with Crippen molar-refractivity contribution in [2.75, 3.05) is 19.6 Å². The lowest BCUT2D eigenvalue weighted by Gasteiger charge is -2.37. The molecule has 166 valence electrons. The Labute approximate surface area is 189 Å². The van der Waals surface area contributed by atoms with E-state index < -0.39 is 0 Å². The second kappa shape index (κ2) is 9.65. The number of carbonyl (C=O) groups excluding carboxylic acids is 1. The molecule has 2 aliphatic rings. The maximum absolute atomic E-state index is 12.5. The van der Waals surface area contributed by atoms with Crippen LogP contribution in [0.1, 0.15) is 66.5 Å². The van der Waals surface area contributed by atoms with Gasteiger partial charge in [0.15, 0.2) is 0 Å². The summed E-state index contributed by atoms with van der Waals surface area (Å²) in [5.41, 5.74) is 2.59. The first-order valence-corrected chi connectivity index (χ1v) is 11.7. The summed E-state index contributed by atoms with van der Waals surface area (Å²) in [5, 5.41) is 12.3. The number of carbonyl (C=O) groups is 1. The molecule has 2 aromatic carbocycles. The molecule has 1 amide bonds. The van der Waals surface area contributed by atoms with Crippen molar-refractivity contribution in [3.8, 4) is 0 Å². The van der Waals surface area contributed by atoms with E-state index >= 15 is 0 Å². The van der Waals surface area contributed by atoms with Crippen molar-refractivity contribution in [3.63, 3.8) is 0 Å². The second-order valence-electron chi connectivity index (χ2n) is 8.90. The highest BCUT2D eigenvalue weighted by Crippen LogP contribution is 2.37. The highest BCUT2D eigenvalue weighted by atomic mass is 16.4. The van der Waals surface area contributed by atoms with Crippen LogP contribution in [0.5, 0.6) is 0 Å². The van der Waals surface area contributed by atoms with Gasteiger partial charge in [0, 0.05) is 25.4 Å². The van der Waals surface area contributed by atoms with Gasteiger partial charge in [0.05, 0.1) is 12.0 Å². The quantitative estimate of drug-likeness (QED) is 0.607. The number of rotatable bonds is 7. The minimum Gasteiger partial charge on any atom is -0.423 e. The first-order chi connectivity index (χ1) is 15.8. The molecule has 6 heteroatoms. The van der Waals surface area contributed by atoms with Crippen LogP contribution in [0.3, 0.4) is 0 Å². The first-order valence-electron chi connectivity index (χ1n) is 11.7. The summed E-state index contributed by atoms with van der Waals surface area (Å²) in [6, 6.07) is 20.9. The summed E-state index contributed by atoms with van der Waals surface area (Å²) >= 11 is 0. The van der Waals surface area contributed by atoms with E-state index in [1.54, 1.807) is 0 Å². The fourth-order valence-electron chi connectivity index (χ4n) is 4.83. The van der Waals surface area contributed by atoms with Crippen LogP contribution in [0.2, 0.25) is 0 Å². The van der Waals surface area contributed by atoms with Crippen LogP contribution >= 0.6 is 0 Å². The standard InChI is InChI=1S/C26H30N4O2/c31-23(15-7-11-19-9-3-1-4-10-19)30-17-21(18-30)25-28-29-26(32-25)24-22(14-8-16-27-24)20-12-5-2-6-13-20/h1-6,9-10,12-13,21-22,24,27H,7-8,11,14-18H2/t22-,24-/m0/s1. The Kier molecular flexibility index (Phi) is 6.30. The zero-order valence-electron chi connectivity index (χ0n) is 18.3. The van der Waals surface area contributed by atoms with Gasteiger partial charge >= 0.3 is 0 Å². The number of hydrogen-bond donors (Lipinski definition) is 1. The van der Waals surface area contributed by atoms with E-state index in [-0.39, 0.29) is 17.9 Å². The molecule has 1 aromatic heterocycles. The zero-order chi connectivity index (χ0) is 21.8. The van der Waals surface area contributed by atoms with E-state index in [0.717, 1.165) is 32.2 Å². The number of nitrogens with one attached hydrogen (secondary N) is 1. The van der Waals surface area contributed by atoms with Crippen molar-refractivity contribution >= 4 is 5.91 Å². The van der Waals surface area contributed by atoms with Gasteiger partial charge in [0.1, 0.15) is 0 Å². The van der Waals surface area contributed by atoms with Gasteiger partial charge < -0.3 is 14.6 Å². The monoisotopic (exact) mass is 430 g/mol. The number of aryl methyl sites for hydroxylation is 1. The van der Waals surface area contributed by atoms with Crippen molar-refractivity contribution in [3.05, 3.63) is 83.6 Å². The number of piperidine rings is 1. The summed E-state index contributed by atoms with van der Waals surface area (Å²) < 4.78 is 6.12. The third kappa shape index (κ3) is 4.60. The molecule has 6 nitrogen and oxygen atoms in total. The van der Waals surface area contributed by atoms with Crippen molar-refractivity contribution < 1.29 is 9.21 Å². The van der Waals surface area contributed by atoms with Crippen LogP contribution < -0.4 is 5.32 Å². The highest BCUT2D eigenvalue weighted by Gasteiger charge is 2.37. The van der Waals surface area contributed by atoms with E-state index in [1.807, 2.05) is 29.2 Å². The normalized spacial score (nSPS) is 21.3. The van der Waals surface area contributed by atoms with Gasteiger partial charge in [-0.1, -0.05) is 60.7 Å². The van der Waals surface area contributed by atoms with E-state index in [4.69, 9.17) is 4.42 Å². The van der Waals surface area contributed by atoms with Crippen LogP contribution in [-0.4, -0.2) is 40.6 Å². The van der Waals surface area contributed by atoms with Gasteiger partial charge in [0.2, 0.25) is 17.7 Å². The predicted molar refractivity (Wildman–Crippen MR) is 122 cm³/mol. The SMILES string of the molecule is O=C(CCCc1ccccc1)N1CC(c2nnc([C@H]3NCCC[C@H]3c3ccccc3)o2)C1. The molecule has 2 atom stereocenters. The third-order valence-electron chi connectivity index (χ3n) is 6.69. The van der Waals surface area contributed by atoms with Crippen molar-refractivity contribution in [2.45, 2.75) is 50.0 Å². The Morgan fingerprint density at radius 2 is 1.72 bits per heavy atom. The van der Waals surface area contributed by atoms with Crippen LogP contribution in [0.15, 0.2) is 65.1 Å². The van der Waals surface area contributed by atoms with Crippen molar-refractivity contribution in [1.82, 2.24) is 20.4 Å². The number of hydrogen-bond acceptors (Lipinski definition) is 5. The molecule has 5 rings (SSSR count). The van der Waals surface area contributed by atoms with Gasteiger partial charge in [-0.25, -0.2) is 0 Å². The highest BCUT2D eigenvalue weighted by molar-refractivity contribution is 5.77. The molecule has 2 aliphatic heterocycles. The Morgan fingerprint density at radius 3 is 2.50 bits per heavy atom. The maximum Gasteiger partial charge on any atom is 0.234 e. The van der Waals surface area contributed by atoms with Gasteiger partial charge in [-0.15, -0.1) is 10.2 Å². The molecular formula is C26H30N4O2. The van der Waals surface area contributed by atoms with E-state index in [9.17, 15) is 4.79 Å². The fraction of sp³-hybridized carbons (Fsp3) is 0.423. The molecule has 0 saturated carbocycles. The molecule has 32 heavy (non-hydrogen) atoms. The number of likely N-dealkylation sites (tertiary alicyclic amines) is 1. The Morgan fingerprint density at radius 1 is 1.00 bits per heavy atom. The van der Waals surface area contributed by atoms with Gasteiger partial charge in [-0.3, -0.25) is 4.79 Å². The fourth-order valence-corrected chi connectivity index (χ4v) is 4.83. The zero-order valence-corrected chi connectivity index (χ0v) is 18.3. The summed E-state index contributed by atoms with van der Waals surface area (Å²) in [5.74, 6) is 2.03. The molecule has 3 aromatic rings. The molecule has 3 heterocycles. The van der Waals surface area contributed by atoms with E-state index in [2.05, 4.69) is 51.9 Å². The molecule has 0 unspecified atom stereocenters. The molecule has 2 fully saturated rings. The Balaban J connectivity index is 1.14. The van der Waals surface area contributed by atoms with Crippen LogP contribution in [0, 0.1) is 0 Å². The van der Waals surface area contributed by atoms with Crippen molar-refractivity contribution in [2.24, 2.45) is 0 Å². The molecule has 1 N–H and O–H groups in total. The number of nitrogens with zero attached hydrogens (tertiary/aromatic N) is 3. The Hall–Kier alpha value is -2.99. The van der Waals surface area contributed by atoms with Gasteiger partial charge in [0.25, 0.3) is 0 Å². The number of benzene rings is 2. The Bertz CT molecular complexity index is 1010. The largest absolute Gasteiger partial charge is 0.423 e. The first kappa shape index (κ1) is 20.9. The predicted octanol–water partition coefficient (Wildman–Crippen LogP) is 4.23. The molecule has 2 saturated heterocycles. The lowest BCUT2D eigenvalue weighted by molar-refractivity contribution is -0.136. The molecule has 0 bridgehead atoms. The van der Waals surface area contributed by atoms with Gasteiger partial charge in [-0.2, -0.15) is 0 Å². The van der Waals surface area contributed by atoms with E-state index in [0.29, 0.717) is 37.2 Å². The average Bonchev–Trinajstić information content (AvgIpc) is 3.29. The third-order valence-corrected chi connectivity index (χ3v) is 6.69.